The van der Waals surface area contributed by atoms with Gasteiger partial charge in [-0.3, -0.25) is 4.99 Å². The first-order valence-electron chi connectivity index (χ1n) is 8.49. The molecule has 24 heavy (non-hydrogen) atoms. The first kappa shape index (κ1) is 21.0. The Balaban J connectivity index is 0.00000288. The van der Waals surface area contributed by atoms with Crippen LogP contribution in [0.4, 0.5) is 0 Å². The topological polar surface area (TPSA) is 54.9 Å². The number of nitrogens with zero attached hydrogens (tertiary/aromatic N) is 1. The molecule has 0 saturated heterocycles. The van der Waals surface area contributed by atoms with Crippen LogP contribution in [0, 0.1) is 0 Å². The first-order chi connectivity index (χ1) is 11.3. The number of guanidine groups is 1. The molecule has 0 unspecified atom stereocenters. The molecule has 1 aromatic carbocycles. The Hall–Kier alpha value is -1.02. The van der Waals surface area contributed by atoms with Gasteiger partial charge in [0.25, 0.3) is 0 Å². The average molecular weight is 447 g/mol. The molecule has 1 fully saturated rings. The lowest BCUT2D eigenvalue weighted by Gasteiger charge is -2.16. The van der Waals surface area contributed by atoms with Crippen molar-refractivity contribution in [1.29, 1.82) is 0 Å². The van der Waals surface area contributed by atoms with E-state index in [1.165, 1.54) is 25.7 Å². The Morgan fingerprint density at radius 3 is 2.54 bits per heavy atom. The van der Waals surface area contributed by atoms with Crippen LogP contribution < -0.4 is 15.4 Å². The van der Waals surface area contributed by atoms with Gasteiger partial charge in [0.1, 0.15) is 5.75 Å². The maximum absolute atomic E-state index is 5.70. The predicted octanol–water partition coefficient (Wildman–Crippen LogP) is 3.33. The van der Waals surface area contributed by atoms with Crippen LogP contribution in [0.5, 0.6) is 5.75 Å². The van der Waals surface area contributed by atoms with Crippen molar-refractivity contribution in [2.45, 2.75) is 44.8 Å². The largest absolute Gasteiger partial charge is 0.497 e. The lowest BCUT2D eigenvalue weighted by atomic mass is 10.2. The van der Waals surface area contributed by atoms with Crippen LogP contribution in [0.15, 0.2) is 29.3 Å². The Morgan fingerprint density at radius 2 is 1.92 bits per heavy atom. The van der Waals surface area contributed by atoms with Gasteiger partial charge in [-0.05, 0) is 37.0 Å². The number of hydrogen-bond donors (Lipinski definition) is 2. The molecule has 6 heteroatoms. The van der Waals surface area contributed by atoms with E-state index in [1.807, 2.05) is 31.3 Å². The van der Waals surface area contributed by atoms with Gasteiger partial charge in [-0.2, -0.15) is 0 Å². The predicted molar refractivity (Wildman–Crippen MR) is 109 cm³/mol. The van der Waals surface area contributed by atoms with Crippen LogP contribution in [0.2, 0.25) is 0 Å². The van der Waals surface area contributed by atoms with E-state index in [9.17, 15) is 0 Å². The minimum atomic E-state index is 0. The van der Waals surface area contributed by atoms with Crippen molar-refractivity contribution >= 4 is 29.9 Å². The van der Waals surface area contributed by atoms with Gasteiger partial charge < -0.3 is 20.1 Å². The molecule has 0 spiro atoms. The van der Waals surface area contributed by atoms with E-state index >= 15 is 0 Å². The smallest absolute Gasteiger partial charge is 0.191 e. The fourth-order valence-electron chi connectivity index (χ4n) is 2.75. The number of methoxy groups -OCH3 is 1. The van der Waals surface area contributed by atoms with Crippen molar-refractivity contribution in [3.63, 3.8) is 0 Å². The number of nitrogens with one attached hydrogen (secondary N) is 2. The molecule has 1 aliphatic rings. The monoisotopic (exact) mass is 447 g/mol. The van der Waals surface area contributed by atoms with Gasteiger partial charge in [0.2, 0.25) is 0 Å². The summed E-state index contributed by atoms with van der Waals surface area (Å²) >= 11 is 0. The minimum Gasteiger partial charge on any atom is -0.497 e. The van der Waals surface area contributed by atoms with Crippen molar-refractivity contribution in [3.05, 3.63) is 29.8 Å². The van der Waals surface area contributed by atoms with Crippen molar-refractivity contribution < 1.29 is 9.47 Å². The van der Waals surface area contributed by atoms with Crippen molar-refractivity contribution in [2.75, 3.05) is 27.3 Å². The standard InChI is InChI=1S/C18H29N3O2.HI/c1-19-18(21-16-6-3-4-7-16)20-12-5-13-23-14-15-8-10-17(22-2)11-9-15;/h8-11,16H,3-7,12-14H2,1-2H3,(H2,19,20,21);1H. The normalized spacial score (nSPS) is 15.0. The highest BCUT2D eigenvalue weighted by atomic mass is 127. The van der Waals surface area contributed by atoms with Gasteiger partial charge in [0, 0.05) is 26.2 Å². The zero-order valence-electron chi connectivity index (χ0n) is 14.7. The summed E-state index contributed by atoms with van der Waals surface area (Å²) in [7, 11) is 3.50. The minimum absolute atomic E-state index is 0. The van der Waals surface area contributed by atoms with E-state index < -0.39 is 0 Å². The summed E-state index contributed by atoms with van der Waals surface area (Å²) in [4.78, 5) is 4.27. The first-order valence-corrected chi connectivity index (χ1v) is 8.49. The molecule has 0 atom stereocenters. The van der Waals surface area contributed by atoms with Crippen LogP contribution in [-0.2, 0) is 11.3 Å². The maximum atomic E-state index is 5.70. The summed E-state index contributed by atoms with van der Waals surface area (Å²) < 4.78 is 10.8. The van der Waals surface area contributed by atoms with Crippen molar-refractivity contribution in [3.8, 4) is 5.75 Å². The number of hydrogen-bond acceptors (Lipinski definition) is 3. The second-order valence-electron chi connectivity index (χ2n) is 5.88. The molecule has 0 aromatic heterocycles. The Labute approximate surface area is 162 Å². The molecule has 2 rings (SSSR count). The van der Waals surface area contributed by atoms with E-state index in [0.717, 1.165) is 36.8 Å². The van der Waals surface area contributed by atoms with Gasteiger partial charge in [-0.1, -0.05) is 25.0 Å². The van der Waals surface area contributed by atoms with Gasteiger partial charge in [0.15, 0.2) is 5.96 Å². The van der Waals surface area contributed by atoms with Crippen LogP contribution in [0.25, 0.3) is 0 Å². The number of aliphatic imine (C=N–C) groups is 1. The molecular weight excluding hydrogens is 417 g/mol. The highest BCUT2D eigenvalue weighted by Gasteiger charge is 2.15. The SMILES string of the molecule is CN=C(NCCCOCc1ccc(OC)cc1)NC1CCCC1.I. The highest BCUT2D eigenvalue weighted by molar-refractivity contribution is 14.0. The van der Waals surface area contributed by atoms with Gasteiger partial charge in [-0.15, -0.1) is 24.0 Å². The summed E-state index contributed by atoms with van der Waals surface area (Å²) in [6, 6.07) is 8.57. The quantitative estimate of drug-likeness (QED) is 0.278. The van der Waals surface area contributed by atoms with E-state index in [0.29, 0.717) is 12.6 Å². The molecule has 5 nitrogen and oxygen atoms in total. The molecule has 0 heterocycles. The van der Waals surface area contributed by atoms with Crippen LogP contribution in [0.3, 0.4) is 0 Å². The number of benzene rings is 1. The lowest BCUT2D eigenvalue weighted by molar-refractivity contribution is 0.119. The van der Waals surface area contributed by atoms with Gasteiger partial charge in [0.05, 0.1) is 13.7 Å². The fourth-order valence-corrected chi connectivity index (χ4v) is 2.75. The summed E-state index contributed by atoms with van der Waals surface area (Å²) in [6.45, 7) is 2.24. The second kappa shape index (κ2) is 12.4. The molecule has 136 valence electrons. The third-order valence-corrected chi connectivity index (χ3v) is 4.11. The maximum Gasteiger partial charge on any atom is 0.191 e. The third kappa shape index (κ3) is 7.70. The molecule has 1 aromatic rings. The Kier molecular flexibility index (Phi) is 10.8. The Morgan fingerprint density at radius 1 is 1.21 bits per heavy atom. The zero-order chi connectivity index (χ0) is 16.3. The molecule has 1 saturated carbocycles. The van der Waals surface area contributed by atoms with E-state index in [1.54, 1.807) is 7.11 Å². The molecule has 0 radical (unpaired) electrons. The van der Waals surface area contributed by atoms with Gasteiger partial charge >= 0.3 is 0 Å². The summed E-state index contributed by atoms with van der Waals surface area (Å²) in [5, 5.41) is 6.83. The van der Waals surface area contributed by atoms with Crippen molar-refractivity contribution in [1.82, 2.24) is 10.6 Å². The molecule has 0 aliphatic heterocycles. The fraction of sp³-hybridized carbons (Fsp3) is 0.611. The summed E-state index contributed by atoms with van der Waals surface area (Å²) in [6.07, 6.45) is 6.13. The van der Waals surface area contributed by atoms with Crippen molar-refractivity contribution in [2.24, 2.45) is 4.99 Å². The molecule has 2 N–H and O–H groups in total. The lowest BCUT2D eigenvalue weighted by Crippen LogP contribution is -2.42. The number of ether oxygens (including phenoxy) is 2. The molecular formula is C18H30IN3O2. The summed E-state index contributed by atoms with van der Waals surface area (Å²) in [5.41, 5.74) is 1.16. The van der Waals surface area contributed by atoms with Crippen LogP contribution in [-0.4, -0.2) is 39.3 Å². The Bertz CT molecular complexity index is 474. The third-order valence-electron chi connectivity index (χ3n) is 4.11. The van der Waals surface area contributed by atoms with Gasteiger partial charge in [-0.25, -0.2) is 0 Å². The van der Waals surface area contributed by atoms with E-state index in [2.05, 4.69) is 15.6 Å². The molecule has 0 amide bonds. The van der Waals surface area contributed by atoms with E-state index in [4.69, 9.17) is 9.47 Å². The molecule has 0 bridgehead atoms. The molecule has 1 aliphatic carbocycles. The number of halogens is 1. The zero-order valence-corrected chi connectivity index (χ0v) is 17.0. The van der Waals surface area contributed by atoms with Crippen LogP contribution >= 0.6 is 24.0 Å². The highest BCUT2D eigenvalue weighted by Crippen LogP contribution is 2.17. The van der Waals surface area contributed by atoms with E-state index in [-0.39, 0.29) is 24.0 Å². The average Bonchev–Trinajstić information content (AvgIpc) is 3.10. The van der Waals surface area contributed by atoms with Crippen LogP contribution in [0.1, 0.15) is 37.7 Å². The number of rotatable bonds is 8. The second-order valence-corrected chi connectivity index (χ2v) is 5.88. The summed E-state index contributed by atoms with van der Waals surface area (Å²) in [5.74, 6) is 1.78.